The zero-order chi connectivity index (χ0) is 15.2. The topological polar surface area (TPSA) is 80.6 Å². The van der Waals surface area contributed by atoms with Gasteiger partial charge in [-0.1, -0.05) is 18.2 Å². The third-order valence-electron chi connectivity index (χ3n) is 3.28. The molecule has 0 spiro atoms. The Morgan fingerprint density at radius 2 is 2.05 bits per heavy atom. The number of fused-ring (bicyclic) bond motifs is 1. The van der Waals surface area contributed by atoms with Crippen LogP contribution in [-0.2, 0) is 20.7 Å². The van der Waals surface area contributed by atoms with Crippen molar-refractivity contribution in [3.05, 3.63) is 36.0 Å². The molecule has 0 aliphatic heterocycles. The standard InChI is InChI=1S/C15H18N2O4/c1-21-15(19)7-6-14(18)16-9-8-11-10-17(20)13-5-3-2-4-12(11)13/h2-5,10,20H,6-9H2,1H3,(H,16,18). The largest absolute Gasteiger partial charge is 0.469 e. The number of ether oxygens (including phenoxy) is 1. The number of aromatic nitrogens is 1. The number of esters is 1. The van der Waals surface area contributed by atoms with Crippen LogP contribution in [0, 0.1) is 0 Å². The summed E-state index contributed by atoms with van der Waals surface area (Å²) >= 11 is 0. The van der Waals surface area contributed by atoms with Crippen molar-refractivity contribution >= 4 is 22.8 Å². The summed E-state index contributed by atoms with van der Waals surface area (Å²) in [6.45, 7) is 0.452. The van der Waals surface area contributed by atoms with Crippen molar-refractivity contribution in [3.63, 3.8) is 0 Å². The molecule has 1 aromatic carbocycles. The van der Waals surface area contributed by atoms with Gasteiger partial charge in [0.25, 0.3) is 0 Å². The van der Waals surface area contributed by atoms with Gasteiger partial charge in [-0.2, -0.15) is 4.73 Å². The number of benzene rings is 1. The predicted molar refractivity (Wildman–Crippen MR) is 77.1 cm³/mol. The molecule has 1 aromatic heterocycles. The monoisotopic (exact) mass is 290 g/mol. The molecule has 2 aromatic rings. The summed E-state index contributed by atoms with van der Waals surface area (Å²) in [7, 11) is 1.30. The Hall–Kier alpha value is -2.50. The highest BCUT2D eigenvalue weighted by Crippen LogP contribution is 2.20. The van der Waals surface area contributed by atoms with Crippen LogP contribution in [0.25, 0.3) is 10.9 Å². The van der Waals surface area contributed by atoms with Crippen LogP contribution in [0.15, 0.2) is 30.5 Å². The highest BCUT2D eigenvalue weighted by Gasteiger charge is 2.09. The number of nitrogens with one attached hydrogen (secondary N) is 1. The summed E-state index contributed by atoms with van der Waals surface area (Å²) in [6, 6.07) is 7.51. The molecule has 0 saturated heterocycles. The van der Waals surface area contributed by atoms with Gasteiger partial charge in [-0.25, -0.2) is 0 Å². The minimum atomic E-state index is -0.395. The molecule has 1 amide bonds. The van der Waals surface area contributed by atoms with E-state index >= 15 is 0 Å². The van der Waals surface area contributed by atoms with Gasteiger partial charge in [0.2, 0.25) is 5.91 Å². The number of methoxy groups -OCH3 is 1. The van der Waals surface area contributed by atoms with Gasteiger partial charge in [0.1, 0.15) is 0 Å². The summed E-state index contributed by atoms with van der Waals surface area (Å²) < 4.78 is 5.56. The molecular formula is C15H18N2O4. The van der Waals surface area contributed by atoms with Crippen LogP contribution < -0.4 is 5.32 Å². The maximum absolute atomic E-state index is 11.5. The van der Waals surface area contributed by atoms with Crippen LogP contribution in [0.5, 0.6) is 0 Å². The lowest BCUT2D eigenvalue weighted by Crippen LogP contribution is -2.26. The number of rotatable bonds is 6. The maximum atomic E-state index is 11.5. The molecule has 0 radical (unpaired) electrons. The number of para-hydroxylation sites is 1. The minimum Gasteiger partial charge on any atom is -0.469 e. The lowest BCUT2D eigenvalue weighted by Gasteiger charge is -2.04. The molecule has 0 unspecified atom stereocenters. The van der Waals surface area contributed by atoms with Gasteiger partial charge in [0, 0.05) is 24.5 Å². The van der Waals surface area contributed by atoms with Crippen LogP contribution in [0.1, 0.15) is 18.4 Å². The normalized spacial score (nSPS) is 10.5. The number of hydrogen-bond acceptors (Lipinski definition) is 4. The van der Waals surface area contributed by atoms with Crippen molar-refractivity contribution < 1.29 is 19.5 Å². The summed E-state index contributed by atoms with van der Waals surface area (Å²) in [4.78, 5) is 22.5. The minimum absolute atomic E-state index is 0.0816. The van der Waals surface area contributed by atoms with Crippen molar-refractivity contribution in [1.82, 2.24) is 10.0 Å². The Kier molecular flexibility index (Phi) is 4.81. The number of amides is 1. The zero-order valence-corrected chi connectivity index (χ0v) is 11.8. The third-order valence-corrected chi connectivity index (χ3v) is 3.28. The van der Waals surface area contributed by atoms with Gasteiger partial charge in [-0.05, 0) is 18.1 Å². The van der Waals surface area contributed by atoms with Crippen molar-refractivity contribution in [2.24, 2.45) is 0 Å². The van der Waals surface area contributed by atoms with E-state index in [1.54, 1.807) is 6.20 Å². The Labute approximate surface area is 122 Å². The summed E-state index contributed by atoms with van der Waals surface area (Å²) in [6.07, 6.45) is 2.45. The van der Waals surface area contributed by atoms with E-state index in [9.17, 15) is 14.8 Å². The Morgan fingerprint density at radius 3 is 2.81 bits per heavy atom. The van der Waals surface area contributed by atoms with Crippen molar-refractivity contribution in [2.45, 2.75) is 19.3 Å². The van der Waals surface area contributed by atoms with Gasteiger partial charge in [-0.15, -0.1) is 0 Å². The molecule has 1 heterocycles. The van der Waals surface area contributed by atoms with E-state index in [-0.39, 0.29) is 18.7 Å². The molecule has 0 bridgehead atoms. The van der Waals surface area contributed by atoms with Crippen LogP contribution in [-0.4, -0.2) is 35.5 Å². The maximum Gasteiger partial charge on any atom is 0.306 e. The molecule has 0 fully saturated rings. The van der Waals surface area contributed by atoms with E-state index in [1.807, 2.05) is 24.3 Å². The zero-order valence-electron chi connectivity index (χ0n) is 11.8. The van der Waals surface area contributed by atoms with E-state index < -0.39 is 5.97 Å². The smallest absolute Gasteiger partial charge is 0.306 e. The van der Waals surface area contributed by atoms with E-state index in [4.69, 9.17) is 0 Å². The van der Waals surface area contributed by atoms with Gasteiger partial charge in [-0.3, -0.25) is 9.59 Å². The third kappa shape index (κ3) is 3.75. The van der Waals surface area contributed by atoms with E-state index in [0.29, 0.717) is 13.0 Å². The predicted octanol–water partition coefficient (Wildman–Crippen LogP) is 1.49. The highest BCUT2D eigenvalue weighted by atomic mass is 16.5. The summed E-state index contributed by atoms with van der Waals surface area (Å²) in [5, 5.41) is 13.5. The number of carbonyl (C=O) groups is 2. The first kappa shape index (κ1) is 14.9. The summed E-state index contributed by atoms with van der Waals surface area (Å²) in [5.74, 6) is -0.582. The van der Waals surface area contributed by atoms with E-state index in [0.717, 1.165) is 21.2 Å². The van der Waals surface area contributed by atoms with Crippen LogP contribution in [0.4, 0.5) is 0 Å². The van der Waals surface area contributed by atoms with Gasteiger partial charge in [0.15, 0.2) is 0 Å². The SMILES string of the molecule is COC(=O)CCC(=O)NCCc1cn(O)c2ccccc12. The molecule has 0 aliphatic carbocycles. The summed E-state index contributed by atoms with van der Waals surface area (Å²) in [5.41, 5.74) is 1.70. The fraction of sp³-hybridized carbons (Fsp3) is 0.333. The molecule has 0 aliphatic rings. The fourth-order valence-electron chi connectivity index (χ4n) is 2.17. The second-order valence-corrected chi connectivity index (χ2v) is 4.69. The Morgan fingerprint density at radius 1 is 1.29 bits per heavy atom. The van der Waals surface area contributed by atoms with Gasteiger partial charge in [0.05, 0.1) is 19.0 Å². The fourth-order valence-corrected chi connectivity index (χ4v) is 2.17. The lowest BCUT2D eigenvalue weighted by molar-refractivity contribution is -0.142. The molecule has 6 heteroatoms. The first-order chi connectivity index (χ1) is 10.1. The average Bonchev–Trinajstić information content (AvgIpc) is 2.82. The number of hydrogen-bond donors (Lipinski definition) is 2. The van der Waals surface area contributed by atoms with Crippen molar-refractivity contribution in [1.29, 1.82) is 0 Å². The van der Waals surface area contributed by atoms with Crippen molar-refractivity contribution in [2.75, 3.05) is 13.7 Å². The van der Waals surface area contributed by atoms with Crippen LogP contribution in [0.3, 0.4) is 0 Å². The second-order valence-electron chi connectivity index (χ2n) is 4.69. The first-order valence-corrected chi connectivity index (χ1v) is 6.73. The quantitative estimate of drug-likeness (QED) is 0.624. The number of nitrogens with zero attached hydrogens (tertiary/aromatic N) is 1. The molecule has 0 saturated carbocycles. The van der Waals surface area contributed by atoms with E-state index in [2.05, 4.69) is 10.1 Å². The van der Waals surface area contributed by atoms with Gasteiger partial charge < -0.3 is 15.3 Å². The average molecular weight is 290 g/mol. The molecule has 21 heavy (non-hydrogen) atoms. The molecule has 112 valence electrons. The molecule has 2 rings (SSSR count). The number of carbonyl (C=O) groups excluding carboxylic acids is 2. The lowest BCUT2D eigenvalue weighted by atomic mass is 10.1. The molecule has 6 nitrogen and oxygen atoms in total. The molecule has 0 atom stereocenters. The van der Waals surface area contributed by atoms with Gasteiger partial charge >= 0.3 is 5.97 Å². The second kappa shape index (κ2) is 6.78. The van der Waals surface area contributed by atoms with Crippen molar-refractivity contribution in [3.8, 4) is 0 Å². The van der Waals surface area contributed by atoms with Crippen LogP contribution >= 0.6 is 0 Å². The molecular weight excluding hydrogens is 272 g/mol. The highest BCUT2D eigenvalue weighted by molar-refractivity contribution is 5.84. The Bertz CT molecular complexity index is 648. The molecule has 2 N–H and O–H groups in total. The first-order valence-electron chi connectivity index (χ1n) is 6.73. The Balaban J connectivity index is 1.85. The van der Waals surface area contributed by atoms with Crippen LogP contribution in [0.2, 0.25) is 0 Å². The van der Waals surface area contributed by atoms with E-state index in [1.165, 1.54) is 7.11 Å².